The minimum absolute atomic E-state index is 0.00956. The number of carbonyl (C=O) groups excluding carboxylic acids is 3. The molecule has 22 heavy (non-hydrogen) atoms. The van der Waals surface area contributed by atoms with Crippen LogP contribution in [0.15, 0.2) is 16.5 Å². The van der Waals surface area contributed by atoms with Crippen molar-refractivity contribution in [1.82, 2.24) is 5.32 Å². The summed E-state index contributed by atoms with van der Waals surface area (Å²) in [5.74, 6) is -0.888. The number of amides is 2. The molecule has 0 saturated carbocycles. The Labute approximate surface area is 128 Å². The highest BCUT2D eigenvalue weighted by Crippen LogP contribution is 2.14. The van der Waals surface area contributed by atoms with E-state index in [4.69, 9.17) is 9.15 Å². The maximum Gasteiger partial charge on any atom is 0.407 e. The van der Waals surface area contributed by atoms with Crippen LogP contribution in [0.5, 0.6) is 0 Å². The molecule has 1 aromatic heterocycles. The van der Waals surface area contributed by atoms with Gasteiger partial charge in [0.2, 0.25) is 17.6 Å². The number of hydrogen-bond acceptors (Lipinski definition) is 6. The van der Waals surface area contributed by atoms with E-state index in [1.54, 1.807) is 20.8 Å². The molecule has 1 rings (SSSR count). The van der Waals surface area contributed by atoms with Crippen LogP contribution in [0.25, 0.3) is 0 Å². The Morgan fingerprint density at radius 1 is 1.23 bits per heavy atom. The first kappa shape index (κ1) is 17.5. The van der Waals surface area contributed by atoms with Gasteiger partial charge < -0.3 is 19.2 Å². The Bertz CT molecular complexity index is 544. The Balaban J connectivity index is 2.33. The normalized spacial score (nSPS) is 10.7. The van der Waals surface area contributed by atoms with E-state index >= 15 is 0 Å². The van der Waals surface area contributed by atoms with E-state index in [1.165, 1.54) is 19.2 Å². The molecule has 0 radical (unpaired) electrons. The van der Waals surface area contributed by atoms with Crippen molar-refractivity contribution in [1.29, 1.82) is 0 Å². The molecule has 0 atom stereocenters. The van der Waals surface area contributed by atoms with Crippen molar-refractivity contribution in [2.75, 3.05) is 19.0 Å². The molecule has 8 nitrogen and oxygen atoms in total. The van der Waals surface area contributed by atoms with Gasteiger partial charge in [-0.15, -0.1) is 0 Å². The van der Waals surface area contributed by atoms with Crippen molar-refractivity contribution >= 4 is 23.9 Å². The van der Waals surface area contributed by atoms with Gasteiger partial charge in [0.05, 0.1) is 7.11 Å². The number of methoxy groups -OCH3 is 1. The number of carbonyl (C=O) groups is 3. The number of hydrogen-bond donors (Lipinski definition) is 2. The van der Waals surface area contributed by atoms with Gasteiger partial charge in [-0.2, -0.15) is 0 Å². The van der Waals surface area contributed by atoms with Crippen LogP contribution in [0.4, 0.5) is 10.7 Å². The van der Waals surface area contributed by atoms with E-state index in [0.29, 0.717) is 0 Å². The minimum atomic E-state index is -0.632. The highest BCUT2D eigenvalue weighted by Gasteiger charge is 2.16. The Morgan fingerprint density at radius 3 is 2.50 bits per heavy atom. The number of furan rings is 1. The first-order valence-corrected chi connectivity index (χ1v) is 6.66. The van der Waals surface area contributed by atoms with Gasteiger partial charge in [-0.25, -0.2) is 9.59 Å². The second-order valence-corrected chi connectivity index (χ2v) is 5.38. The zero-order chi connectivity index (χ0) is 16.8. The van der Waals surface area contributed by atoms with E-state index in [0.717, 1.165) is 0 Å². The Hall–Kier alpha value is -2.51. The summed E-state index contributed by atoms with van der Waals surface area (Å²) >= 11 is 0. The van der Waals surface area contributed by atoms with Gasteiger partial charge in [0.1, 0.15) is 5.60 Å². The third kappa shape index (κ3) is 6.29. The lowest BCUT2D eigenvalue weighted by Crippen LogP contribution is -2.34. The van der Waals surface area contributed by atoms with Gasteiger partial charge in [0, 0.05) is 19.0 Å². The smallest absolute Gasteiger partial charge is 0.407 e. The van der Waals surface area contributed by atoms with Crippen molar-refractivity contribution in [3.63, 3.8) is 0 Å². The lowest BCUT2D eigenvalue weighted by atomic mass is 10.2. The van der Waals surface area contributed by atoms with Crippen molar-refractivity contribution in [2.45, 2.75) is 32.8 Å². The van der Waals surface area contributed by atoms with E-state index in [2.05, 4.69) is 15.4 Å². The first-order valence-electron chi connectivity index (χ1n) is 6.66. The fraction of sp³-hybridized carbons (Fsp3) is 0.500. The van der Waals surface area contributed by atoms with Crippen LogP contribution in [-0.2, 0) is 14.3 Å². The molecule has 0 aliphatic carbocycles. The average molecular weight is 312 g/mol. The monoisotopic (exact) mass is 312 g/mol. The topological polar surface area (TPSA) is 107 Å². The molecule has 2 N–H and O–H groups in total. The quantitative estimate of drug-likeness (QED) is 0.804. The third-order valence-electron chi connectivity index (χ3n) is 2.28. The maximum absolute atomic E-state index is 11.6. The second-order valence-electron chi connectivity index (χ2n) is 5.38. The van der Waals surface area contributed by atoms with Gasteiger partial charge in [-0.1, -0.05) is 0 Å². The highest BCUT2D eigenvalue weighted by molar-refractivity contribution is 5.91. The largest absolute Gasteiger partial charge is 0.463 e. The zero-order valence-corrected chi connectivity index (χ0v) is 13.0. The number of ether oxygens (including phenoxy) is 2. The summed E-state index contributed by atoms with van der Waals surface area (Å²) in [6, 6.07) is 2.83. The van der Waals surface area contributed by atoms with Gasteiger partial charge in [-0.3, -0.25) is 10.1 Å². The number of nitrogens with one attached hydrogen (secondary N) is 2. The summed E-state index contributed by atoms with van der Waals surface area (Å²) in [5.41, 5.74) is -0.592. The molecule has 0 aromatic carbocycles. The maximum atomic E-state index is 11.6. The van der Waals surface area contributed by atoms with Crippen LogP contribution in [0.1, 0.15) is 37.7 Å². The summed E-state index contributed by atoms with van der Waals surface area (Å²) in [5, 5.41) is 4.92. The van der Waals surface area contributed by atoms with Crippen LogP contribution in [0.2, 0.25) is 0 Å². The average Bonchev–Trinajstić information content (AvgIpc) is 2.84. The zero-order valence-electron chi connectivity index (χ0n) is 13.0. The fourth-order valence-corrected chi connectivity index (χ4v) is 1.41. The standard InChI is InChI=1S/C14H20N2O6/c1-14(2,3)22-13(19)15-8-7-10(17)16-11-6-5-9(21-11)12(18)20-4/h5-6H,7-8H2,1-4H3,(H,15,19)(H,16,17). The van der Waals surface area contributed by atoms with Gasteiger partial charge in [0.25, 0.3) is 0 Å². The molecule has 0 bridgehead atoms. The SMILES string of the molecule is COC(=O)c1ccc(NC(=O)CCNC(=O)OC(C)(C)C)o1. The number of esters is 1. The summed E-state index contributed by atoms with van der Waals surface area (Å²) in [6.45, 7) is 5.35. The highest BCUT2D eigenvalue weighted by atomic mass is 16.6. The summed E-state index contributed by atoms with van der Waals surface area (Å²) in [6.07, 6.45) is -0.556. The summed E-state index contributed by atoms with van der Waals surface area (Å²) < 4.78 is 14.6. The number of rotatable bonds is 5. The third-order valence-corrected chi connectivity index (χ3v) is 2.28. The lowest BCUT2D eigenvalue weighted by molar-refractivity contribution is -0.116. The molecule has 0 aliphatic rings. The van der Waals surface area contributed by atoms with E-state index < -0.39 is 17.7 Å². The van der Waals surface area contributed by atoms with Crippen LogP contribution in [0, 0.1) is 0 Å². The van der Waals surface area contributed by atoms with Crippen molar-refractivity contribution < 1.29 is 28.3 Å². The summed E-state index contributed by atoms with van der Waals surface area (Å²) in [4.78, 5) is 34.2. The molecule has 0 aliphatic heterocycles. The van der Waals surface area contributed by atoms with E-state index in [-0.39, 0.29) is 30.5 Å². The molecule has 122 valence electrons. The second kappa shape index (κ2) is 7.48. The molecule has 0 spiro atoms. The van der Waals surface area contributed by atoms with Gasteiger partial charge >= 0.3 is 12.1 Å². The fourth-order valence-electron chi connectivity index (χ4n) is 1.41. The molecule has 1 heterocycles. The van der Waals surface area contributed by atoms with Gasteiger partial charge in [-0.05, 0) is 26.8 Å². The van der Waals surface area contributed by atoms with Crippen LogP contribution in [0.3, 0.4) is 0 Å². The lowest BCUT2D eigenvalue weighted by Gasteiger charge is -2.19. The van der Waals surface area contributed by atoms with Crippen LogP contribution < -0.4 is 10.6 Å². The molecule has 8 heteroatoms. The number of anilines is 1. The molecular formula is C14H20N2O6. The first-order chi connectivity index (χ1) is 10.2. The van der Waals surface area contributed by atoms with Crippen LogP contribution in [-0.4, -0.2) is 37.2 Å². The Morgan fingerprint density at radius 2 is 1.91 bits per heavy atom. The molecule has 1 aromatic rings. The number of alkyl carbamates (subject to hydrolysis) is 1. The predicted molar refractivity (Wildman–Crippen MR) is 77.5 cm³/mol. The van der Waals surface area contributed by atoms with Crippen molar-refractivity contribution in [2.24, 2.45) is 0 Å². The molecule has 0 fully saturated rings. The minimum Gasteiger partial charge on any atom is -0.463 e. The molecule has 2 amide bonds. The Kier molecular flexibility index (Phi) is 5.97. The van der Waals surface area contributed by atoms with E-state index in [1.807, 2.05) is 0 Å². The molecular weight excluding hydrogens is 292 g/mol. The van der Waals surface area contributed by atoms with E-state index in [9.17, 15) is 14.4 Å². The molecule has 0 unspecified atom stereocenters. The van der Waals surface area contributed by atoms with Crippen LogP contribution >= 0.6 is 0 Å². The van der Waals surface area contributed by atoms with Gasteiger partial charge in [0.15, 0.2) is 0 Å². The summed E-state index contributed by atoms with van der Waals surface area (Å²) in [7, 11) is 1.23. The molecule has 0 saturated heterocycles. The predicted octanol–water partition coefficient (Wildman–Crippen LogP) is 1.92. The van der Waals surface area contributed by atoms with Crippen molar-refractivity contribution in [3.05, 3.63) is 17.9 Å². The van der Waals surface area contributed by atoms with Crippen molar-refractivity contribution in [3.8, 4) is 0 Å².